The lowest BCUT2D eigenvalue weighted by Gasteiger charge is -2.24. The van der Waals surface area contributed by atoms with E-state index in [0.717, 1.165) is 0 Å². The molecule has 3 rings (SSSR count). The van der Waals surface area contributed by atoms with E-state index in [4.69, 9.17) is 42.1 Å². The molecule has 1 fully saturated rings. The molecule has 12 heteroatoms. The lowest BCUT2D eigenvalue weighted by molar-refractivity contribution is -0.166. The Kier molecular flexibility index (Phi) is 6.91. The minimum atomic E-state index is -1.05. The van der Waals surface area contributed by atoms with E-state index in [1.165, 1.54) is 20.8 Å². The SMILES string of the molecule is CC(=O)OC[C@H]1O[C@H](n2c(Br)nc3c(Cl)c(Cl)ccc32)[C@H](OC(C)=O)[C@@H]1OC(C)=O. The molecule has 1 aromatic carbocycles. The highest BCUT2D eigenvalue weighted by Gasteiger charge is 2.51. The third-order valence-corrected chi connectivity index (χ3v) is 5.66. The highest BCUT2D eigenvalue weighted by Crippen LogP contribution is 2.40. The topological polar surface area (TPSA) is 106 Å². The van der Waals surface area contributed by atoms with Crippen LogP contribution >= 0.6 is 39.1 Å². The maximum Gasteiger partial charge on any atom is 0.303 e. The van der Waals surface area contributed by atoms with Crippen LogP contribution in [0.5, 0.6) is 0 Å². The lowest BCUT2D eigenvalue weighted by atomic mass is 10.1. The van der Waals surface area contributed by atoms with Crippen molar-refractivity contribution < 1.29 is 33.3 Å². The molecule has 162 valence electrons. The fourth-order valence-corrected chi connectivity index (χ4v) is 4.14. The third-order valence-electron chi connectivity index (χ3n) is 4.31. The van der Waals surface area contributed by atoms with Gasteiger partial charge in [0.1, 0.15) is 18.2 Å². The average molecular weight is 524 g/mol. The minimum absolute atomic E-state index is 0.210. The second-order valence-corrected chi connectivity index (χ2v) is 7.99. The number of halogens is 3. The van der Waals surface area contributed by atoms with Crippen LogP contribution in [0.15, 0.2) is 16.9 Å². The molecule has 1 aliphatic heterocycles. The molecule has 1 aromatic heterocycles. The second-order valence-electron chi connectivity index (χ2n) is 6.50. The van der Waals surface area contributed by atoms with E-state index in [1.54, 1.807) is 16.7 Å². The van der Waals surface area contributed by atoms with Crippen molar-refractivity contribution in [1.82, 2.24) is 9.55 Å². The van der Waals surface area contributed by atoms with Crippen LogP contribution in [0.2, 0.25) is 10.0 Å². The summed E-state index contributed by atoms with van der Waals surface area (Å²) in [5, 5.41) is 0.555. The number of carbonyl (C=O) groups is 3. The number of fused-ring (bicyclic) bond motifs is 1. The molecule has 1 aliphatic rings. The Morgan fingerprint density at radius 1 is 1.10 bits per heavy atom. The summed E-state index contributed by atoms with van der Waals surface area (Å²) in [6.45, 7) is 3.46. The molecule has 0 radical (unpaired) electrons. The summed E-state index contributed by atoms with van der Waals surface area (Å²) in [6.07, 6.45) is -3.92. The first-order chi connectivity index (χ1) is 14.1. The molecular weight excluding hydrogens is 507 g/mol. The van der Waals surface area contributed by atoms with Crippen molar-refractivity contribution in [1.29, 1.82) is 0 Å². The number of imidazole rings is 1. The molecule has 0 bridgehead atoms. The molecule has 0 amide bonds. The summed E-state index contributed by atoms with van der Waals surface area (Å²) in [4.78, 5) is 39.1. The summed E-state index contributed by atoms with van der Waals surface area (Å²) in [6, 6.07) is 3.27. The van der Waals surface area contributed by atoms with Crippen LogP contribution < -0.4 is 0 Å². The predicted molar refractivity (Wildman–Crippen MR) is 109 cm³/mol. The monoisotopic (exact) mass is 522 g/mol. The first-order valence-electron chi connectivity index (χ1n) is 8.74. The zero-order valence-corrected chi connectivity index (χ0v) is 19.2. The lowest BCUT2D eigenvalue weighted by Crippen LogP contribution is -2.40. The number of benzene rings is 1. The van der Waals surface area contributed by atoms with E-state index >= 15 is 0 Å². The van der Waals surface area contributed by atoms with Gasteiger partial charge < -0.3 is 18.9 Å². The highest BCUT2D eigenvalue weighted by molar-refractivity contribution is 9.10. The molecule has 9 nitrogen and oxygen atoms in total. The summed E-state index contributed by atoms with van der Waals surface area (Å²) >= 11 is 15.7. The molecule has 2 aromatic rings. The number of hydrogen-bond donors (Lipinski definition) is 0. The molecule has 30 heavy (non-hydrogen) atoms. The number of hydrogen-bond acceptors (Lipinski definition) is 8. The standard InChI is InChI=1S/C18H17BrCl2N2O7/c1-7(24)27-6-12-15(28-8(2)25)16(29-9(3)26)17(30-12)23-11-5-4-10(20)13(21)14(11)22-18(23)19/h4-5,12,15-17H,6H2,1-3H3/t12-,15-,16-,17+/m1/s1. The minimum Gasteiger partial charge on any atom is -0.463 e. The molecule has 0 N–H and O–H groups in total. The van der Waals surface area contributed by atoms with E-state index in [2.05, 4.69) is 20.9 Å². The summed E-state index contributed by atoms with van der Waals surface area (Å²) in [5.74, 6) is -1.76. The van der Waals surface area contributed by atoms with Crippen molar-refractivity contribution in [2.24, 2.45) is 0 Å². The molecule has 0 unspecified atom stereocenters. The number of ether oxygens (including phenoxy) is 4. The summed E-state index contributed by atoms with van der Waals surface area (Å²) in [5.41, 5.74) is 0.932. The molecule has 0 saturated carbocycles. The normalized spacial score (nSPS) is 23.4. The van der Waals surface area contributed by atoms with Gasteiger partial charge in [-0.05, 0) is 28.1 Å². The van der Waals surface area contributed by atoms with E-state index in [-0.39, 0.29) is 11.6 Å². The van der Waals surface area contributed by atoms with Crippen LogP contribution in [0, 0.1) is 0 Å². The van der Waals surface area contributed by atoms with Crippen LogP contribution in [0.25, 0.3) is 11.0 Å². The fraction of sp³-hybridized carbons (Fsp3) is 0.444. The maximum absolute atomic E-state index is 11.8. The molecular formula is C18H17BrCl2N2O7. The van der Waals surface area contributed by atoms with Gasteiger partial charge >= 0.3 is 17.9 Å². The number of esters is 3. The second kappa shape index (κ2) is 9.09. The predicted octanol–water partition coefficient (Wildman–Crippen LogP) is 3.43. The molecule has 4 atom stereocenters. The zero-order valence-electron chi connectivity index (χ0n) is 16.1. The van der Waals surface area contributed by atoms with Crippen molar-refractivity contribution in [3.05, 3.63) is 26.9 Å². The summed E-state index contributed by atoms with van der Waals surface area (Å²) in [7, 11) is 0. The van der Waals surface area contributed by atoms with Gasteiger partial charge in [-0.2, -0.15) is 0 Å². The van der Waals surface area contributed by atoms with Gasteiger partial charge in [-0.15, -0.1) is 0 Å². The van der Waals surface area contributed by atoms with Gasteiger partial charge in [-0.1, -0.05) is 23.2 Å². The molecule has 0 spiro atoms. The Bertz CT molecular complexity index is 1010. The first kappa shape index (κ1) is 22.8. The number of rotatable bonds is 5. The first-order valence-corrected chi connectivity index (χ1v) is 10.3. The van der Waals surface area contributed by atoms with Crippen LogP contribution in [-0.2, 0) is 33.3 Å². The van der Waals surface area contributed by atoms with E-state index in [0.29, 0.717) is 20.8 Å². The van der Waals surface area contributed by atoms with Crippen molar-refractivity contribution in [3.63, 3.8) is 0 Å². The number of aromatic nitrogens is 2. The highest BCUT2D eigenvalue weighted by atomic mass is 79.9. The molecule has 0 aliphatic carbocycles. The van der Waals surface area contributed by atoms with Gasteiger partial charge in [-0.25, -0.2) is 4.98 Å². The quantitative estimate of drug-likeness (QED) is 0.433. The Balaban J connectivity index is 2.09. The third kappa shape index (κ3) is 4.56. The zero-order chi connectivity index (χ0) is 22.2. The van der Waals surface area contributed by atoms with Crippen molar-refractivity contribution in [2.45, 2.75) is 45.3 Å². The van der Waals surface area contributed by atoms with Gasteiger partial charge in [0.05, 0.1) is 15.6 Å². The smallest absolute Gasteiger partial charge is 0.303 e. The average Bonchev–Trinajstić information content (AvgIpc) is 3.13. The van der Waals surface area contributed by atoms with E-state index in [1.807, 2.05) is 0 Å². The van der Waals surface area contributed by atoms with Crippen LogP contribution in [-0.4, -0.2) is 52.4 Å². The number of nitrogens with zero attached hydrogens (tertiary/aromatic N) is 2. The Labute approximate surface area is 189 Å². The Morgan fingerprint density at radius 2 is 1.73 bits per heavy atom. The fourth-order valence-electron chi connectivity index (χ4n) is 3.22. The van der Waals surface area contributed by atoms with Gasteiger partial charge in [0, 0.05) is 20.8 Å². The van der Waals surface area contributed by atoms with Gasteiger partial charge in [0.25, 0.3) is 0 Å². The van der Waals surface area contributed by atoms with Gasteiger partial charge in [0.2, 0.25) is 0 Å². The summed E-state index contributed by atoms with van der Waals surface area (Å²) < 4.78 is 23.8. The Morgan fingerprint density at radius 3 is 2.33 bits per heavy atom. The van der Waals surface area contributed by atoms with Crippen LogP contribution in [0.4, 0.5) is 0 Å². The van der Waals surface area contributed by atoms with Gasteiger partial charge in [0.15, 0.2) is 23.2 Å². The number of carbonyl (C=O) groups excluding carboxylic acids is 3. The largest absolute Gasteiger partial charge is 0.463 e. The van der Waals surface area contributed by atoms with Gasteiger partial charge in [-0.3, -0.25) is 19.0 Å². The maximum atomic E-state index is 11.8. The van der Waals surface area contributed by atoms with Crippen molar-refractivity contribution in [3.8, 4) is 0 Å². The van der Waals surface area contributed by atoms with E-state index < -0.39 is 42.4 Å². The van der Waals surface area contributed by atoms with Crippen molar-refractivity contribution >= 4 is 68.1 Å². The van der Waals surface area contributed by atoms with Crippen LogP contribution in [0.1, 0.15) is 27.0 Å². The van der Waals surface area contributed by atoms with E-state index in [9.17, 15) is 14.4 Å². The molecule has 2 heterocycles. The molecule has 1 saturated heterocycles. The Hall–Kier alpha value is -1.88. The van der Waals surface area contributed by atoms with Crippen molar-refractivity contribution in [2.75, 3.05) is 6.61 Å². The van der Waals surface area contributed by atoms with Crippen LogP contribution in [0.3, 0.4) is 0 Å².